The topological polar surface area (TPSA) is 50.7 Å². The number of amides is 1. The molecular formula is C23H18BrCl2F3N2O2. The highest BCUT2D eigenvalue weighted by molar-refractivity contribution is 9.10. The van der Waals surface area contributed by atoms with Crippen LogP contribution in [-0.2, 0) is 10.4 Å². The van der Waals surface area contributed by atoms with Gasteiger partial charge in [-0.15, -0.1) is 0 Å². The lowest BCUT2D eigenvalue weighted by Crippen LogP contribution is -2.42. The number of oxime groups is 1. The van der Waals surface area contributed by atoms with Crippen LogP contribution in [0.15, 0.2) is 52.1 Å². The summed E-state index contributed by atoms with van der Waals surface area (Å²) in [6.07, 6.45) is 0.854. The summed E-state index contributed by atoms with van der Waals surface area (Å²) in [5.74, 6) is -0.161. The van der Waals surface area contributed by atoms with Crippen LogP contribution in [0.3, 0.4) is 0 Å². The molecule has 2 aromatic rings. The van der Waals surface area contributed by atoms with Crippen molar-refractivity contribution in [1.29, 1.82) is 0 Å². The normalized spacial score (nSPS) is 21.0. The first-order valence-electron chi connectivity index (χ1n) is 10.1. The van der Waals surface area contributed by atoms with E-state index in [0.29, 0.717) is 15.6 Å². The molecule has 1 fully saturated rings. The molecule has 2 aliphatic rings. The van der Waals surface area contributed by atoms with E-state index in [9.17, 15) is 18.0 Å². The minimum Gasteiger partial charge on any atom is -0.374 e. The zero-order valence-electron chi connectivity index (χ0n) is 17.1. The second-order valence-corrected chi connectivity index (χ2v) is 9.73. The lowest BCUT2D eigenvalue weighted by Gasteiger charge is -2.29. The van der Waals surface area contributed by atoms with E-state index in [1.54, 1.807) is 24.3 Å². The molecule has 1 aliphatic carbocycles. The summed E-state index contributed by atoms with van der Waals surface area (Å²) in [4.78, 5) is 17.3. The van der Waals surface area contributed by atoms with Crippen LogP contribution in [0.25, 0.3) is 6.08 Å². The van der Waals surface area contributed by atoms with Crippen molar-refractivity contribution in [2.45, 2.75) is 43.5 Å². The second-order valence-electron chi connectivity index (χ2n) is 8.01. The molecular weight excluding hydrogens is 544 g/mol. The Morgan fingerprint density at radius 1 is 1.15 bits per heavy atom. The van der Waals surface area contributed by atoms with Gasteiger partial charge in [-0.25, -0.2) is 0 Å². The predicted molar refractivity (Wildman–Crippen MR) is 126 cm³/mol. The van der Waals surface area contributed by atoms with Gasteiger partial charge in [-0.3, -0.25) is 4.79 Å². The molecule has 1 amide bonds. The predicted octanol–water partition coefficient (Wildman–Crippen LogP) is 7.29. The Hall–Kier alpha value is -2.03. The Morgan fingerprint density at radius 2 is 1.85 bits per heavy atom. The third kappa shape index (κ3) is 5.08. The number of halogens is 6. The molecule has 1 heterocycles. The third-order valence-corrected chi connectivity index (χ3v) is 6.77. The monoisotopic (exact) mass is 560 g/mol. The van der Waals surface area contributed by atoms with E-state index in [2.05, 4.69) is 26.4 Å². The fraction of sp³-hybridized carbons (Fsp3) is 0.304. The van der Waals surface area contributed by atoms with Gasteiger partial charge in [-0.2, -0.15) is 13.2 Å². The van der Waals surface area contributed by atoms with Crippen molar-refractivity contribution < 1.29 is 22.8 Å². The molecule has 0 spiro atoms. The molecule has 1 unspecified atom stereocenters. The molecule has 0 saturated heterocycles. The molecule has 10 heteroatoms. The summed E-state index contributed by atoms with van der Waals surface area (Å²) in [5.41, 5.74) is -1.61. The van der Waals surface area contributed by atoms with E-state index in [4.69, 9.17) is 28.0 Å². The van der Waals surface area contributed by atoms with Gasteiger partial charge >= 0.3 is 6.18 Å². The molecule has 1 N–H and O–H groups in total. The van der Waals surface area contributed by atoms with Crippen LogP contribution in [-0.4, -0.2) is 23.8 Å². The average Bonchev–Trinajstić information content (AvgIpc) is 3.14. The first kappa shape index (κ1) is 24.1. The zero-order chi connectivity index (χ0) is 23.8. The van der Waals surface area contributed by atoms with E-state index < -0.39 is 18.2 Å². The van der Waals surface area contributed by atoms with Crippen molar-refractivity contribution in [3.05, 3.63) is 73.7 Å². The number of alkyl halides is 3. The van der Waals surface area contributed by atoms with Crippen LogP contribution in [0.1, 0.15) is 47.2 Å². The number of carbonyl (C=O) groups is 1. The SMILES string of the molecule is O=C(NC1CCC1)c1ccc(/C=C/C2=NOC(c3cc(Cl)cc(Cl)c3)(C(F)(F)F)C2)cc1Br. The fourth-order valence-electron chi connectivity index (χ4n) is 3.63. The number of hydrogen-bond donors (Lipinski definition) is 1. The van der Waals surface area contributed by atoms with E-state index >= 15 is 0 Å². The third-order valence-electron chi connectivity index (χ3n) is 5.68. The van der Waals surface area contributed by atoms with Crippen LogP contribution >= 0.6 is 39.1 Å². The molecule has 1 atom stereocenters. The van der Waals surface area contributed by atoms with E-state index in [-0.39, 0.29) is 33.3 Å². The molecule has 1 aliphatic heterocycles. The molecule has 4 nitrogen and oxygen atoms in total. The first-order valence-corrected chi connectivity index (χ1v) is 11.7. The average molecular weight is 562 g/mol. The van der Waals surface area contributed by atoms with Gasteiger partial charge in [0.1, 0.15) is 0 Å². The lowest BCUT2D eigenvalue weighted by atomic mass is 9.88. The maximum absolute atomic E-state index is 14.0. The Balaban J connectivity index is 1.51. The molecule has 0 bridgehead atoms. The summed E-state index contributed by atoms with van der Waals surface area (Å²) in [6, 6.07) is 9.01. The van der Waals surface area contributed by atoms with Crippen LogP contribution in [0, 0.1) is 0 Å². The standard InChI is InChI=1S/C23H18BrCl2F3N2O2/c24-20-8-13(5-7-19(20)21(32)30-17-2-1-3-17)4-6-18-12-22(33-31-18,23(27,28)29)14-9-15(25)11-16(26)10-14/h4-11,17H,1-3,12H2,(H,30,32)/b6-4+. The second kappa shape index (κ2) is 9.31. The van der Waals surface area contributed by atoms with Crippen molar-refractivity contribution in [3.8, 4) is 0 Å². The maximum Gasteiger partial charge on any atom is 0.435 e. The molecule has 33 heavy (non-hydrogen) atoms. The Labute approximate surface area is 206 Å². The number of nitrogens with zero attached hydrogens (tertiary/aromatic N) is 1. The number of rotatable bonds is 5. The summed E-state index contributed by atoms with van der Waals surface area (Å²) in [7, 11) is 0. The quantitative estimate of drug-likeness (QED) is 0.417. The van der Waals surface area contributed by atoms with Gasteiger partial charge in [-0.1, -0.05) is 40.5 Å². The van der Waals surface area contributed by atoms with Crippen molar-refractivity contribution in [1.82, 2.24) is 5.32 Å². The van der Waals surface area contributed by atoms with Gasteiger partial charge in [0.15, 0.2) is 0 Å². The summed E-state index contributed by atoms with van der Waals surface area (Å²) >= 11 is 15.2. The smallest absolute Gasteiger partial charge is 0.374 e. The van der Waals surface area contributed by atoms with E-state index in [0.717, 1.165) is 19.3 Å². The molecule has 0 radical (unpaired) electrons. The first-order chi connectivity index (χ1) is 15.6. The van der Waals surface area contributed by atoms with Gasteiger partial charge in [-0.05, 0) is 77.2 Å². The number of hydrogen-bond acceptors (Lipinski definition) is 3. The highest BCUT2D eigenvalue weighted by Crippen LogP contribution is 2.49. The zero-order valence-corrected chi connectivity index (χ0v) is 20.2. The van der Waals surface area contributed by atoms with E-state index in [1.807, 2.05) is 0 Å². The van der Waals surface area contributed by atoms with Crippen molar-refractivity contribution >= 4 is 56.8 Å². The Morgan fingerprint density at radius 3 is 2.42 bits per heavy atom. The Kier molecular flexibility index (Phi) is 6.80. The van der Waals surface area contributed by atoms with Crippen molar-refractivity contribution in [3.63, 3.8) is 0 Å². The highest BCUT2D eigenvalue weighted by atomic mass is 79.9. The van der Waals surface area contributed by atoms with Crippen molar-refractivity contribution in [2.24, 2.45) is 5.16 Å². The minimum atomic E-state index is -4.75. The molecule has 1 saturated carbocycles. The van der Waals surface area contributed by atoms with E-state index in [1.165, 1.54) is 24.3 Å². The summed E-state index contributed by atoms with van der Waals surface area (Å²) < 4.78 is 42.7. The van der Waals surface area contributed by atoms with Gasteiger partial charge in [0, 0.05) is 32.5 Å². The minimum absolute atomic E-state index is 0.0694. The largest absolute Gasteiger partial charge is 0.435 e. The number of benzene rings is 2. The lowest BCUT2D eigenvalue weighted by molar-refractivity contribution is -0.275. The molecule has 174 valence electrons. The fourth-order valence-corrected chi connectivity index (χ4v) is 4.73. The highest BCUT2D eigenvalue weighted by Gasteiger charge is 2.62. The molecule has 2 aromatic carbocycles. The molecule has 0 aromatic heterocycles. The van der Waals surface area contributed by atoms with Crippen LogP contribution in [0.2, 0.25) is 10.0 Å². The number of carbonyl (C=O) groups excluding carboxylic acids is 1. The number of allylic oxidation sites excluding steroid dienone is 1. The summed E-state index contributed by atoms with van der Waals surface area (Å²) in [5, 5.41) is 6.78. The number of nitrogens with one attached hydrogen (secondary N) is 1. The summed E-state index contributed by atoms with van der Waals surface area (Å²) in [6.45, 7) is 0. The van der Waals surface area contributed by atoms with Crippen LogP contribution in [0.4, 0.5) is 13.2 Å². The maximum atomic E-state index is 14.0. The van der Waals surface area contributed by atoms with Crippen LogP contribution < -0.4 is 5.32 Å². The van der Waals surface area contributed by atoms with Gasteiger partial charge in [0.2, 0.25) is 0 Å². The van der Waals surface area contributed by atoms with Crippen LogP contribution in [0.5, 0.6) is 0 Å². The van der Waals surface area contributed by atoms with Gasteiger partial charge in [0.25, 0.3) is 11.5 Å². The van der Waals surface area contributed by atoms with Crippen molar-refractivity contribution in [2.75, 3.05) is 0 Å². The van der Waals surface area contributed by atoms with Gasteiger partial charge in [0.05, 0.1) is 11.3 Å². The van der Waals surface area contributed by atoms with Gasteiger partial charge < -0.3 is 10.2 Å². The Bertz CT molecular complexity index is 1130. The molecule has 4 rings (SSSR count).